The number of hydrogen-bond donors (Lipinski definition) is 5. The first kappa shape index (κ1) is 53.8. The van der Waals surface area contributed by atoms with Crippen molar-refractivity contribution in [2.75, 3.05) is 19.8 Å². The Morgan fingerprint density at radius 2 is 1.24 bits per heavy atom. The molecule has 0 aliphatic carbocycles. The number of hydrogen-bond acceptors (Lipinski definition) is 22. The molecule has 15 fully saturated rings. The van der Waals surface area contributed by atoms with Crippen LogP contribution in [0.4, 0.5) is 0 Å². The predicted octanol–water partition coefficient (Wildman–Crippen LogP) is 1.65. The molecule has 30 atom stereocenters. The largest absolute Gasteiger partial charge is 0.459 e. The Bertz CT molecular complexity index is 2320. The van der Waals surface area contributed by atoms with E-state index in [9.17, 15) is 20.1 Å². The zero-order valence-corrected chi connectivity index (χ0v) is 45.0. The lowest BCUT2D eigenvalue weighted by Gasteiger charge is -2.53. The Morgan fingerprint density at radius 3 is 2.11 bits per heavy atom. The quantitative estimate of drug-likeness (QED) is 0.194. The molecule has 15 rings (SSSR count). The van der Waals surface area contributed by atoms with Crippen molar-refractivity contribution in [3.05, 3.63) is 24.3 Å². The zero-order chi connectivity index (χ0) is 53.7. The van der Waals surface area contributed by atoms with Gasteiger partial charge < -0.3 is 103 Å². The van der Waals surface area contributed by atoms with Crippen molar-refractivity contribution in [1.29, 1.82) is 0 Å². The molecule has 0 aromatic rings. The molecular weight excluding hydrogens is 1030 g/mol. The number of carbonyl (C=O) groups excluding carboxylic acids is 1. The minimum atomic E-state index is -1.16. The molecule has 0 saturated carbocycles. The first-order chi connectivity index (χ1) is 38.1. The van der Waals surface area contributed by atoms with Crippen LogP contribution in [0.3, 0.4) is 0 Å². The molecule has 22 nitrogen and oxygen atoms in total. The van der Waals surface area contributed by atoms with Gasteiger partial charge in [-0.3, -0.25) is 4.79 Å². The Morgan fingerprint density at radius 1 is 0.532 bits per heavy atom. The monoisotopic (exact) mass is 1110 g/mol. The number of fused-ring (bicyclic) bond motifs is 11. The van der Waals surface area contributed by atoms with Gasteiger partial charge in [-0.15, -0.1) is 0 Å². The van der Waals surface area contributed by atoms with Crippen molar-refractivity contribution < 1.29 is 95.9 Å². The number of carbonyl (C=O) groups is 1. The van der Waals surface area contributed by atoms with E-state index >= 15 is 0 Å². The Hall–Kier alpha value is -1.85. The first-order valence-corrected chi connectivity index (χ1v) is 30.1. The maximum atomic E-state index is 14.4. The van der Waals surface area contributed by atoms with E-state index in [1.165, 1.54) is 0 Å². The second kappa shape index (κ2) is 20.7. The van der Waals surface area contributed by atoms with Crippen molar-refractivity contribution in [2.24, 2.45) is 17.4 Å². The molecular formula is C57H82N2O20. The van der Waals surface area contributed by atoms with Crippen molar-refractivity contribution in [3.63, 3.8) is 0 Å². The van der Waals surface area contributed by atoms with Crippen LogP contribution in [0.25, 0.3) is 0 Å². The molecule has 7 N–H and O–H groups in total. The molecule has 15 aliphatic rings. The van der Waals surface area contributed by atoms with E-state index in [-0.39, 0.29) is 117 Å². The highest BCUT2D eigenvalue weighted by atomic mass is 16.8. The van der Waals surface area contributed by atoms with Gasteiger partial charge in [-0.2, -0.15) is 0 Å². The van der Waals surface area contributed by atoms with Gasteiger partial charge >= 0.3 is 5.97 Å². The van der Waals surface area contributed by atoms with Gasteiger partial charge in [0.05, 0.1) is 143 Å². The first-order valence-electron chi connectivity index (χ1n) is 30.1. The van der Waals surface area contributed by atoms with E-state index in [4.69, 9.17) is 87.3 Å². The highest BCUT2D eigenvalue weighted by Crippen LogP contribution is 2.55. The fourth-order valence-electron chi connectivity index (χ4n) is 17.0. The zero-order valence-electron chi connectivity index (χ0n) is 45.0. The summed E-state index contributed by atoms with van der Waals surface area (Å²) in [6.07, 6.45) is -0.774. The van der Waals surface area contributed by atoms with Crippen molar-refractivity contribution in [1.82, 2.24) is 0 Å². The molecule has 15 saturated heterocycles. The van der Waals surface area contributed by atoms with Crippen LogP contribution in [-0.2, 0) is 80.6 Å². The van der Waals surface area contributed by atoms with Crippen molar-refractivity contribution >= 4 is 5.97 Å². The van der Waals surface area contributed by atoms with Crippen molar-refractivity contribution in [2.45, 2.75) is 298 Å². The van der Waals surface area contributed by atoms with Gasteiger partial charge in [-0.05, 0) is 62.5 Å². The van der Waals surface area contributed by atoms with E-state index < -0.39 is 96.8 Å². The van der Waals surface area contributed by atoms with E-state index in [1.54, 1.807) is 0 Å². The summed E-state index contributed by atoms with van der Waals surface area (Å²) < 4.78 is 108. The number of nitrogens with two attached hydrogens (primary N) is 2. The molecule has 0 amide bonds. The molecule has 0 aromatic heterocycles. The molecule has 0 aromatic carbocycles. The number of aliphatic hydroxyl groups is 3. The second-order valence-corrected chi connectivity index (χ2v) is 26.2. The summed E-state index contributed by atoms with van der Waals surface area (Å²) >= 11 is 0. The fraction of sp³-hybridized carbons (Fsp3) is 0.912. The normalized spacial score (nSPS) is 56.4. The average Bonchev–Trinajstić information content (AvgIpc) is 4.26. The predicted molar refractivity (Wildman–Crippen MR) is 268 cm³/mol. The Balaban J connectivity index is 0.642. The standard InChI is InChI=1S/C57H82N2O20/c1-25-11-29-7-9-55-21-49(63)73-53-47(24-65-55)69-36-6-4-28(68-52(36)54(53)79-55)13-48(62)72-41-15-39-40(70-38(41)14-37-26(2)31(58)12-27(67-37)3-5-34(25)66-29)16-42-45(71-39)19-57(76-42)20-46-35(75-57)8-10-56(78-46)18-32(59)51-44(77-56)17-43-50(74-51)30(23-64-43)33(61)22-60/h27-47,49-54,60-61,63H,1-24,58-59H2/t27-,28+,29-,30+,31+,32-,33-,34-,35-,36-,37+,38-,39?,40-,41+,42+,43+,44-,45?,46-,47-,49?,50+,51-,52-,53+,54-,55-,56-,57+/m0/s1. The highest BCUT2D eigenvalue weighted by Gasteiger charge is 2.65. The summed E-state index contributed by atoms with van der Waals surface area (Å²) in [5.74, 6) is -3.76. The van der Waals surface area contributed by atoms with Gasteiger partial charge in [0.15, 0.2) is 23.7 Å². The lowest BCUT2D eigenvalue weighted by molar-refractivity contribution is -0.356. The molecule has 2 spiro atoms. The lowest BCUT2D eigenvalue weighted by atomic mass is 9.82. The third-order valence-corrected chi connectivity index (χ3v) is 21.0. The summed E-state index contributed by atoms with van der Waals surface area (Å²) in [5.41, 5.74) is 15.6. The number of rotatable bonds is 2. The Kier molecular flexibility index (Phi) is 14.1. The number of esters is 1. The summed E-state index contributed by atoms with van der Waals surface area (Å²) in [4.78, 5) is 14.4. The molecule has 15 heterocycles. The number of ether oxygens (including phenoxy) is 16. The minimum absolute atomic E-state index is 0.000671. The molecule has 10 bridgehead atoms. The molecule has 79 heavy (non-hydrogen) atoms. The molecule has 3 unspecified atom stereocenters. The van der Waals surface area contributed by atoms with Crippen LogP contribution in [0.15, 0.2) is 24.3 Å². The highest BCUT2D eigenvalue weighted by molar-refractivity contribution is 5.70. The van der Waals surface area contributed by atoms with Crippen LogP contribution in [0, 0.1) is 5.92 Å². The van der Waals surface area contributed by atoms with Gasteiger partial charge in [-0.25, -0.2) is 0 Å². The topological polar surface area (TPSA) is 277 Å². The summed E-state index contributed by atoms with van der Waals surface area (Å²) in [5, 5.41) is 31.4. The van der Waals surface area contributed by atoms with Crippen LogP contribution in [0.2, 0.25) is 0 Å². The maximum Gasteiger partial charge on any atom is 0.308 e. The average molecular weight is 1120 g/mol. The van der Waals surface area contributed by atoms with Gasteiger partial charge in [0, 0.05) is 75.8 Å². The SMILES string of the molecule is C=C1C[C@@H]2CC[C@@]34CC(O)O[C@H]5[C@@H](O3)[C@H]3O[C@H](CC[C@@H]3O[C@H]5CO4)CC(=O)O[C@@H]3CC4OC5C[C@]6(C[C@@H]7O[C@@]8(CC[C@@H]7O6)C[C@H](N)[C@@H]6O[C@@H]7[C@@H]([C@@H](O)CO)CO[C@@H]7C[C@@H]6O8)O[C@@H]5C[C@@H]4O[C@H]3C[C@H]3O[C@@H](CC[C@@H]1O2)C[C@@H](N)C3=C. The van der Waals surface area contributed by atoms with E-state index in [2.05, 4.69) is 13.2 Å². The maximum absolute atomic E-state index is 14.4. The lowest BCUT2D eigenvalue weighted by Crippen LogP contribution is -2.65. The third-order valence-electron chi connectivity index (χ3n) is 21.0. The van der Waals surface area contributed by atoms with E-state index in [0.717, 1.165) is 11.1 Å². The van der Waals surface area contributed by atoms with Crippen LogP contribution in [-0.4, -0.2) is 217 Å². The van der Waals surface area contributed by atoms with Crippen molar-refractivity contribution in [3.8, 4) is 0 Å². The number of aliphatic hydroxyl groups excluding tert-OH is 3. The van der Waals surface area contributed by atoms with Gasteiger partial charge in [0.25, 0.3) is 0 Å². The van der Waals surface area contributed by atoms with Gasteiger partial charge in [0.2, 0.25) is 0 Å². The van der Waals surface area contributed by atoms with E-state index in [1.807, 2.05) is 0 Å². The summed E-state index contributed by atoms with van der Waals surface area (Å²) in [6.45, 7) is 9.07. The van der Waals surface area contributed by atoms with E-state index in [0.29, 0.717) is 116 Å². The van der Waals surface area contributed by atoms with Crippen LogP contribution >= 0.6 is 0 Å². The van der Waals surface area contributed by atoms with Gasteiger partial charge in [-0.1, -0.05) is 13.2 Å². The smallest absolute Gasteiger partial charge is 0.308 e. The van der Waals surface area contributed by atoms with Crippen LogP contribution in [0.1, 0.15) is 122 Å². The van der Waals surface area contributed by atoms with Gasteiger partial charge in [0.1, 0.15) is 30.5 Å². The minimum Gasteiger partial charge on any atom is -0.459 e. The Labute approximate surface area is 460 Å². The summed E-state index contributed by atoms with van der Waals surface area (Å²) in [6, 6.07) is -0.670. The fourth-order valence-corrected chi connectivity index (χ4v) is 17.0. The van der Waals surface area contributed by atoms with Crippen LogP contribution < -0.4 is 11.5 Å². The molecule has 15 aliphatic heterocycles. The molecule has 22 heteroatoms. The second-order valence-electron chi connectivity index (χ2n) is 26.2. The summed E-state index contributed by atoms with van der Waals surface area (Å²) in [7, 11) is 0. The third kappa shape index (κ3) is 9.85. The van der Waals surface area contributed by atoms with Crippen LogP contribution in [0.5, 0.6) is 0 Å². The molecule has 0 radical (unpaired) electrons. The molecule has 440 valence electrons.